The Morgan fingerprint density at radius 3 is 2.76 bits per heavy atom. The summed E-state index contributed by atoms with van der Waals surface area (Å²) >= 11 is 6.18. The molecule has 1 aromatic heterocycles. The maximum atomic E-state index is 9.62. The van der Waals surface area contributed by atoms with Crippen LogP contribution in [0.1, 0.15) is 5.56 Å². The van der Waals surface area contributed by atoms with Crippen LogP contribution in [0.15, 0.2) is 48.7 Å². The summed E-state index contributed by atoms with van der Waals surface area (Å²) in [7, 11) is 0. The van der Waals surface area contributed by atoms with Crippen LogP contribution in [-0.2, 0) is 6.54 Å². The van der Waals surface area contributed by atoms with Crippen LogP contribution in [0.3, 0.4) is 0 Å². The number of nitrogens with two attached hydrogens (primary N) is 1. The summed E-state index contributed by atoms with van der Waals surface area (Å²) in [6.45, 7) is 0.417. The average Bonchev–Trinajstić information content (AvgIpc) is 2.49. The van der Waals surface area contributed by atoms with Gasteiger partial charge in [-0.2, -0.15) is 0 Å². The summed E-state index contributed by atoms with van der Waals surface area (Å²) in [5.74, 6) is 1.05. The second kappa shape index (κ2) is 5.60. The van der Waals surface area contributed by atoms with Gasteiger partial charge in [-0.1, -0.05) is 23.7 Å². The van der Waals surface area contributed by atoms with Crippen molar-refractivity contribution in [3.05, 3.63) is 59.2 Å². The highest BCUT2D eigenvalue weighted by molar-refractivity contribution is 6.32. The van der Waals surface area contributed by atoms with E-state index in [1.807, 2.05) is 12.1 Å². The van der Waals surface area contributed by atoms with Crippen LogP contribution in [0.4, 0.5) is 0 Å². The Bertz CT molecular complexity index is 805. The maximum Gasteiger partial charge on any atom is 0.227 e. The molecule has 0 aliphatic heterocycles. The van der Waals surface area contributed by atoms with Gasteiger partial charge in [0.1, 0.15) is 11.5 Å². The molecule has 0 fully saturated rings. The zero-order valence-electron chi connectivity index (χ0n) is 11.1. The van der Waals surface area contributed by atoms with Gasteiger partial charge in [0.15, 0.2) is 0 Å². The molecule has 0 saturated heterocycles. The molecule has 21 heavy (non-hydrogen) atoms. The molecule has 3 N–H and O–H groups in total. The number of ether oxygens (including phenoxy) is 1. The number of aromatic hydroxyl groups is 1. The second-order valence-corrected chi connectivity index (χ2v) is 5.00. The number of halogens is 1. The zero-order valence-corrected chi connectivity index (χ0v) is 11.8. The van der Waals surface area contributed by atoms with Gasteiger partial charge in [-0.05, 0) is 41.3 Å². The third-order valence-electron chi connectivity index (χ3n) is 3.15. The van der Waals surface area contributed by atoms with Crippen molar-refractivity contribution in [3.63, 3.8) is 0 Å². The molecule has 0 aliphatic carbocycles. The molecule has 0 aliphatic rings. The number of benzene rings is 2. The molecule has 0 radical (unpaired) electrons. The van der Waals surface area contributed by atoms with Gasteiger partial charge < -0.3 is 15.6 Å². The third-order valence-corrected chi connectivity index (χ3v) is 3.45. The number of rotatable bonds is 3. The highest BCUT2D eigenvalue weighted by Gasteiger charge is 2.09. The first-order chi connectivity index (χ1) is 10.2. The Kier molecular flexibility index (Phi) is 3.64. The molecule has 0 saturated carbocycles. The van der Waals surface area contributed by atoms with E-state index in [9.17, 15) is 5.11 Å². The highest BCUT2D eigenvalue weighted by Crippen LogP contribution is 2.33. The molecular formula is C16H13ClN2O2. The first kappa shape index (κ1) is 13.7. The Hall–Kier alpha value is -2.30. The van der Waals surface area contributed by atoms with E-state index in [1.54, 1.807) is 36.5 Å². The Balaban J connectivity index is 2.04. The van der Waals surface area contributed by atoms with Crippen LogP contribution >= 0.6 is 11.6 Å². The fourth-order valence-electron chi connectivity index (χ4n) is 2.07. The number of aromatic nitrogens is 1. The number of hydrogen-bond donors (Lipinski definition) is 2. The lowest BCUT2D eigenvalue weighted by Crippen LogP contribution is -1.96. The van der Waals surface area contributed by atoms with E-state index in [4.69, 9.17) is 22.1 Å². The largest absolute Gasteiger partial charge is 0.508 e. The van der Waals surface area contributed by atoms with Gasteiger partial charge in [0.05, 0.1) is 5.02 Å². The molecule has 106 valence electrons. The Morgan fingerprint density at radius 2 is 2.00 bits per heavy atom. The number of hydrogen-bond acceptors (Lipinski definition) is 4. The average molecular weight is 301 g/mol. The van der Waals surface area contributed by atoms with E-state index >= 15 is 0 Å². The standard InChI is InChI=1S/C16H13ClN2O2/c17-14-7-10(9-18)1-4-15(14)21-16-13-8-12(20)3-2-11(13)5-6-19-16/h1-8,20H,9,18H2. The molecule has 4 nitrogen and oxygen atoms in total. The molecular weight excluding hydrogens is 288 g/mol. The second-order valence-electron chi connectivity index (χ2n) is 4.59. The summed E-state index contributed by atoms with van der Waals surface area (Å²) in [4.78, 5) is 4.21. The number of fused-ring (bicyclic) bond motifs is 1. The Labute approximate surface area is 126 Å². The van der Waals surface area contributed by atoms with Crippen molar-refractivity contribution in [2.24, 2.45) is 5.73 Å². The van der Waals surface area contributed by atoms with E-state index in [0.29, 0.717) is 23.2 Å². The van der Waals surface area contributed by atoms with Crippen LogP contribution in [0.2, 0.25) is 5.02 Å². The first-order valence-corrected chi connectivity index (χ1v) is 6.79. The molecule has 2 aromatic carbocycles. The normalized spacial score (nSPS) is 10.8. The quantitative estimate of drug-likeness (QED) is 0.771. The SMILES string of the molecule is NCc1ccc(Oc2nccc3ccc(O)cc23)c(Cl)c1. The van der Waals surface area contributed by atoms with E-state index in [1.165, 1.54) is 0 Å². The minimum atomic E-state index is 0.157. The molecule has 0 spiro atoms. The summed E-state index contributed by atoms with van der Waals surface area (Å²) in [5.41, 5.74) is 6.50. The minimum Gasteiger partial charge on any atom is -0.508 e. The van der Waals surface area contributed by atoms with E-state index < -0.39 is 0 Å². The molecule has 0 unspecified atom stereocenters. The van der Waals surface area contributed by atoms with Gasteiger partial charge >= 0.3 is 0 Å². The summed E-state index contributed by atoms with van der Waals surface area (Å²) in [5, 5.41) is 11.7. The maximum absolute atomic E-state index is 9.62. The predicted octanol–water partition coefficient (Wildman–Crippen LogP) is 3.84. The summed E-state index contributed by atoms with van der Waals surface area (Å²) in [6, 6.07) is 12.3. The van der Waals surface area contributed by atoms with Crippen molar-refractivity contribution in [2.75, 3.05) is 0 Å². The Morgan fingerprint density at radius 1 is 1.14 bits per heavy atom. The van der Waals surface area contributed by atoms with Crippen molar-refractivity contribution >= 4 is 22.4 Å². The van der Waals surface area contributed by atoms with E-state index in [0.717, 1.165) is 16.3 Å². The van der Waals surface area contributed by atoms with Crippen LogP contribution in [0, 0.1) is 0 Å². The number of nitrogens with zero attached hydrogens (tertiary/aromatic N) is 1. The summed E-state index contributed by atoms with van der Waals surface area (Å²) < 4.78 is 5.78. The summed E-state index contributed by atoms with van der Waals surface area (Å²) in [6.07, 6.45) is 1.65. The van der Waals surface area contributed by atoms with Crippen LogP contribution in [0.25, 0.3) is 10.8 Å². The van der Waals surface area contributed by atoms with Gasteiger partial charge in [-0.3, -0.25) is 0 Å². The van der Waals surface area contributed by atoms with Crippen molar-refractivity contribution in [3.8, 4) is 17.4 Å². The molecule has 0 amide bonds. The van der Waals surface area contributed by atoms with Crippen molar-refractivity contribution in [1.29, 1.82) is 0 Å². The topological polar surface area (TPSA) is 68.4 Å². The van der Waals surface area contributed by atoms with Crippen LogP contribution in [0.5, 0.6) is 17.4 Å². The molecule has 3 rings (SSSR count). The predicted molar refractivity (Wildman–Crippen MR) is 82.8 cm³/mol. The fraction of sp³-hybridized carbons (Fsp3) is 0.0625. The highest BCUT2D eigenvalue weighted by atomic mass is 35.5. The van der Waals surface area contributed by atoms with Crippen molar-refractivity contribution < 1.29 is 9.84 Å². The monoisotopic (exact) mass is 300 g/mol. The van der Waals surface area contributed by atoms with Crippen LogP contribution in [-0.4, -0.2) is 10.1 Å². The first-order valence-electron chi connectivity index (χ1n) is 6.41. The molecule has 0 bridgehead atoms. The zero-order chi connectivity index (χ0) is 14.8. The van der Waals surface area contributed by atoms with Gasteiger partial charge in [0, 0.05) is 18.1 Å². The number of pyridine rings is 1. The smallest absolute Gasteiger partial charge is 0.227 e. The van der Waals surface area contributed by atoms with E-state index in [2.05, 4.69) is 4.98 Å². The lowest BCUT2D eigenvalue weighted by Gasteiger charge is -2.10. The van der Waals surface area contributed by atoms with Crippen molar-refractivity contribution in [2.45, 2.75) is 6.54 Å². The van der Waals surface area contributed by atoms with Gasteiger partial charge in [-0.15, -0.1) is 0 Å². The molecule has 0 atom stereocenters. The number of phenolic OH excluding ortho intramolecular Hbond substituents is 1. The van der Waals surface area contributed by atoms with Gasteiger partial charge in [0.2, 0.25) is 5.88 Å². The van der Waals surface area contributed by atoms with Crippen molar-refractivity contribution in [1.82, 2.24) is 4.98 Å². The molecule has 5 heteroatoms. The third kappa shape index (κ3) is 2.77. The lowest BCUT2D eigenvalue weighted by molar-refractivity contribution is 0.465. The molecule has 1 heterocycles. The van der Waals surface area contributed by atoms with Crippen LogP contribution < -0.4 is 10.5 Å². The fourth-order valence-corrected chi connectivity index (χ4v) is 2.31. The molecule has 3 aromatic rings. The lowest BCUT2D eigenvalue weighted by atomic mass is 10.1. The number of phenols is 1. The minimum absolute atomic E-state index is 0.157. The van der Waals surface area contributed by atoms with Gasteiger partial charge in [-0.25, -0.2) is 4.98 Å². The van der Waals surface area contributed by atoms with E-state index in [-0.39, 0.29) is 5.75 Å². The van der Waals surface area contributed by atoms with Gasteiger partial charge in [0.25, 0.3) is 0 Å².